The van der Waals surface area contributed by atoms with Gasteiger partial charge in [-0.05, 0) is 24.4 Å². The SMILES string of the molecule is CC(C)(C)[n+]1cc(C2CCNC2)c2ccccc2c1. The van der Waals surface area contributed by atoms with E-state index >= 15 is 0 Å². The number of hydrogen-bond acceptors (Lipinski definition) is 1. The van der Waals surface area contributed by atoms with Crippen LogP contribution in [0.1, 0.15) is 38.7 Å². The molecular weight excluding hydrogens is 232 g/mol. The third kappa shape index (κ3) is 2.37. The predicted octanol–water partition coefficient (Wildman–Crippen LogP) is 2.96. The van der Waals surface area contributed by atoms with E-state index in [-0.39, 0.29) is 5.54 Å². The van der Waals surface area contributed by atoms with Crippen LogP contribution in [0.5, 0.6) is 0 Å². The normalized spacial score (nSPS) is 20.1. The highest BCUT2D eigenvalue weighted by Crippen LogP contribution is 2.28. The van der Waals surface area contributed by atoms with Crippen molar-refractivity contribution in [1.29, 1.82) is 0 Å². The molecule has 19 heavy (non-hydrogen) atoms. The number of hydrogen-bond donors (Lipinski definition) is 1. The molecule has 2 nitrogen and oxygen atoms in total. The van der Waals surface area contributed by atoms with E-state index in [4.69, 9.17) is 0 Å². The van der Waals surface area contributed by atoms with Crippen LogP contribution in [-0.2, 0) is 5.54 Å². The van der Waals surface area contributed by atoms with Gasteiger partial charge in [0.2, 0.25) is 0 Å². The first-order chi connectivity index (χ1) is 9.05. The fourth-order valence-corrected chi connectivity index (χ4v) is 2.91. The maximum Gasteiger partial charge on any atom is 0.177 e. The van der Waals surface area contributed by atoms with Gasteiger partial charge in [-0.15, -0.1) is 0 Å². The van der Waals surface area contributed by atoms with E-state index < -0.39 is 0 Å². The van der Waals surface area contributed by atoms with Crippen LogP contribution in [0.25, 0.3) is 10.8 Å². The van der Waals surface area contributed by atoms with E-state index in [1.807, 2.05) is 0 Å². The van der Waals surface area contributed by atoms with Crippen molar-refractivity contribution in [3.05, 3.63) is 42.2 Å². The van der Waals surface area contributed by atoms with Gasteiger partial charge in [0.05, 0.1) is 0 Å². The van der Waals surface area contributed by atoms with E-state index in [9.17, 15) is 0 Å². The molecule has 0 spiro atoms. The highest BCUT2D eigenvalue weighted by molar-refractivity contribution is 5.84. The summed E-state index contributed by atoms with van der Waals surface area (Å²) in [4.78, 5) is 0. The topological polar surface area (TPSA) is 15.9 Å². The Kier molecular flexibility index (Phi) is 3.06. The van der Waals surface area contributed by atoms with Crippen LogP contribution in [0, 0.1) is 0 Å². The van der Waals surface area contributed by atoms with Crippen molar-refractivity contribution in [3.63, 3.8) is 0 Å². The van der Waals surface area contributed by atoms with Crippen LogP contribution >= 0.6 is 0 Å². The molecule has 0 saturated carbocycles. The lowest BCUT2D eigenvalue weighted by Gasteiger charge is -2.17. The predicted molar refractivity (Wildman–Crippen MR) is 79.4 cm³/mol. The summed E-state index contributed by atoms with van der Waals surface area (Å²) in [6.45, 7) is 9.04. The first-order valence-electron chi connectivity index (χ1n) is 7.21. The molecule has 1 N–H and O–H groups in total. The van der Waals surface area contributed by atoms with Gasteiger partial charge in [-0.3, -0.25) is 0 Å². The summed E-state index contributed by atoms with van der Waals surface area (Å²) in [5, 5.41) is 6.25. The summed E-state index contributed by atoms with van der Waals surface area (Å²) in [7, 11) is 0. The van der Waals surface area contributed by atoms with E-state index in [0.29, 0.717) is 5.92 Å². The Bertz CT molecular complexity index is 590. The lowest BCUT2D eigenvalue weighted by atomic mass is 9.94. The van der Waals surface area contributed by atoms with Crippen LogP contribution in [0.4, 0.5) is 0 Å². The van der Waals surface area contributed by atoms with Gasteiger partial charge in [-0.25, -0.2) is 0 Å². The Balaban J connectivity index is 2.21. The first kappa shape index (κ1) is 12.6. The summed E-state index contributed by atoms with van der Waals surface area (Å²) in [5.74, 6) is 0.652. The Morgan fingerprint density at radius 2 is 1.95 bits per heavy atom. The minimum atomic E-state index is 0.130. The zero-order valence-corrected chi connectivity index (χ0v) is 12.1. The molecular formula is C17H23N2+. The number of rotatable bonds is 1. The highest BCUT2D eigenvalue weighted by Gasteiger charge is 2.27. The zero-order valence-electron chi connectivity index (χ0n) is 12.1. The Morgan fingerprint density at radius 3 is 2.63 bits per heavy atom. The lowest BCUT2D eigenvalue weighted by molar-refractivity contribution is -0.753. The van der Waals surface area contributed by atoms with Gasteiger partial charge < -0.3 is 5.32 Å². The minimum Gasteiger partial charge on any atom is -0.316 e. The van der Waals surface area contributed by atoms with Crippen LogP contribution in [0.2, 0.25) is 0 Å². The fraction of sp³-hybridized carbons (Fsp3) is 0.471. The van der Waals surface area contributed by atoms with Gasteiger partial charge in [0, 0.05) is 44.2 Å². The Morgan fingerprint density at radius 1 is 1.16 bits per heavy atom. The molecule has 3 rings (SSSR count). The third-order valence-electron chi connectivity index (χ3n) is 4.10. The average Bonchev–Trinajstić information content (AvgIpc) is 2.90. The van der Waals surface area contributed by atoms with Gasteiger partial charge in [-0.2, -0.15) is 4.57 Å². The number of nitrogens with zero attached hydrogens (tertiary/aromatic N) is 1. The van der Waals surface area contributed by atoms with Crippen LogP contribution < -0.4 is 9.88 Å². The van der Waals surface area contributed by atoms with Crippen LogP contribution in [-0.4, -0.2) is 13.1 Å². The number of pyridine rings is 1. The van der Waals surface area contributed by atoms with Crippen molar-refractivity contribution in [1.82, 2.24) is 5.32 Å². The van der Waals surface area contributed by atoms with Crippen molar-refractivity contribution in [2.75, 3.05) is 13.1 Å². The summed E-state index contributed by atoms with van der Waals surface area (Å²) in [6, 6.07) is 8.76. The van der Waals surface area contributed by atoms with Crippen molar-refractivity contribution in [2.45, 2.75) is 38.6 Å². The molecule has 0 amide bonds. The fourth-order valence-electron chi connectivity index (χ4n) is 2.91. The average molecular weight is 255 g/mol. The molecule has 2 heteroatoms. The molecule has 1 aliphatic heterocycles. The largest absolute Gasteiger partial charge is 0.316 e. The van der Waals surface area contributed by atoms with Gasteiger partial charge in [0.15, 0.2) is 17.9 Å². The summed E-state index contributed by atoms with van der Waals surface area (Å²) in [6.07, 6.45) is 5.89. The Labute approximate surface area is 115 Å². The first-order valence-corrected chi connectivity index (χ1v) is 7.21. The van der Waals surface area contributed by atoms with Gasteiger partial charge in [-0.1, -0.05) is 18.2 Å². The molecule has 1 aromatic heterocycles. The number of fused-ring (bicyclic) bond motifs is 1. The summed E-state index contributed by atoms with van der Waals surface area (Å²) < 4.78 is 2.36. The van der Waals surface area contributed by atoms with Crippen molar-refractivity contribution in [2.24, 2.45) is 0 Å². The third-order valence-corrected chi connectivity index (χ3v) is 4.10. The molecule has 1 aromatic carbocycles. The van der Waals surface area contributed by atoms with Gasteiger partial charge >= 0.3 is 0 Å². The second-order valence-corrected chi connectivity index (χ2v) is 6.57. The van der Waals surface area contributed by atoms with Crippen molar-refractivity contribution in [3.8, 4) is 0 Å². The van der Waals surface area contributed by atoms with E-state index in [1.54, 1.807) is 0 Å². The van der Waals surface area contributed by atoms with E-state index in [0.717, 1.165) is 13.1 Å². The number of aromatic nitrogens is 1. The molecule has 2 aromatic rings. The smallest absolute Gasteiger partial charge is 0.177 e. The van der Waals surface area contributed by atoms with Crippen molar-refractivity contribution >= 4 is 10.8 Å². The quantitative estimate of drug-likeness (QED) is 0.775. The maximum atomic E-state index is 3.48. The number of nitrogens with one attached hydrogen (secondary N) is 1. The van der Waals surface area contributed by atoms with E-state index in [1.165, 1.54) is 22.8 Å². The van der Waals surface area contributed by atoms with Crippen LogP contribution in [0.15, 0.2) is 36.7 Å². The molecule has 1 saturated heterocycles. The highest BCUT2D eigenvalue weighted by atomic mass is 15.0. The van der Waals surface area contributed by atoms with Crippen molar-refractivity contribution < 1.29 is 4.57 Å². The lowest BCUT2D eigenvalue weighted by Crippen LogP contribution is -2.50. The molecule has 0 aliphatic carbocycles. The molecule has 1 atom stereocenters. The molecule has 0 radical (unpaired) electrons. The summed E-state index contributed by atoms with van der Waals surface area (Å²) >= 11 is 0. The molecule has 100 valence electrons. The molecule has 2 heterocycles. The van der Waals surface area contributed by atoms with Crippen LogP contribution in [0.3, 0.4) is 0 Å². The standard InChI is InChI=1S/C17H23N2/c1-17(2,3)19-11-14-6-4-5-7-15(14)16(12-19)13-8-9-18-10-13/h4-7,11-13,18H,8-10H2,1-3H3/q+1. The maximum absolute atomic E-state index is 3.48. The minimum absolute atomic E-state index is 0.130. The monoisotopic (exact) mass is 255 g/mol. The molecule has 1 fully saturated rings. The second kappa shape index (κ2) is 4.61. The molecule has 1 aliphatic rings. The molecule has 1 unspecified atom stereocenters. The van der Waals surface area contributed by atoms with Gasteiger partial charge in [0.25, 0.3) is 0 Å². The molecule has 0 bridgehead atoms. The number of benzene rings is 1. The summed E-state index contributed by atoms with van der Waals surface area (Å²) in [5.41, 5.74) is 1.63. The second-order valence-electron chi connectivity index (χ2n) is 6.57. The zero-order chi connectivity index (χ0) is 13.5. The Hall–Kier alpha value is -1.41. The van der Waals surface area contributed by atoms with E-state index in [2.05, 4.69) is 67.3 Å². The van der Waals surface area contributed by atoms with Gasteiger partial charge in [0.1, 0.15) is 0 Å².